The van der Waals surface area contributed by atoms with Gasteiger partial charge in [-0.15, -0.1) is 0 Å². The Labute approximate surface area is 138 Å². The van der Waals surface area contributed by atoms with E-state index in [0.717, 1.165) is 5.56 Å². The van der Waals surface area contributed by atoms with Crippen molar-refractivity contribution in [1.82, 2.24) is 0 Å². The van der Waals surface area contributed by atoms with Crippen LogP contribution in [0.15, 0.2) is 42.5 Å². The number of aryl methyl sites for hydroxylation is 1. The van der Waals surface area contributed by atoms with Gasteiger partial charge in [0.25, 0.3) is 0 Å². The summed E-state index contributed by atoms with van der Waals surface area (Å²) in [6, 6.07) is 11.7. The van der Waals surface area contributed by atoms with Crippen molar-refractivity contribution < 1.29 is 14.3 Å². The number of Topliss-reactive ketones (excluding diaryl/α,β-unsaturated/α-hetero) is 1. The molecular weight excluding hydrogens is 323 g/mol. The van der Waals surface area contributed by atoms with Crippen molar-refractivity contribution in [2.24, 2.45) is 0 Å². The van der Waals surface area contributed by atoms with Crippen molar-refractivity contribution in [2.45, 2.75) is 20.0 Å². The highest BCUT2D eigenvalue weighted by Gasteiger charge is 2.22. The van der Waals surface area contributed by atoms with Crippen LogP contribution in [0.1, 0.15) is 33.2 Å². The van der Waals surface area contributed by atoms with Crippen molar-refractivity contribution in [1.29, 1.82) is 0 Å². The summed E-state index contributed by atoms with van der Waals surface area (Å²) in [6.07, 6.45) is -0.912. The Balaban J connectivity index is 2.12. The lowest BCUT2D eigenvalue weighted by Crippen LogP contribution is -2.24. The fourth-order valence-corrected chi connectivity index (χ4v) is 2.27. The molecule has 0 saturated carbocycles. The third kappa shape index (κ3) is 3.67. The van der Waals surface area contributed by atoms with E-state index >= 15 is 0 Å². The number of hydrogen-bond donors (Lipinski definition) is 0. The zero-order valence-corrected chi connectivity index (χ0v) is 13.6. The average molecular weight is 337 g/mol. The lowest BCUT2D eigenvalue weighted by atomic mass is 10.1. The molecule has 0 heterocycles. The van der Waals surface area contributed by atoms with Crippen molar-refractivity contribution >= 4 is 35.0 Å². The topological polar surface area (TPSA) is 43.4 Å². The number of ether oxygens (including phenoxy) is 1. The molecule has 0 aliphatic carbocycles. The minimum absolute atomic E-state index is 0.115. The summed E-state index contributed by atoms with van der Waals surface area (Å²) >= 11 is 11.8. The molecule has 0 aliphatic heterocycles. The Morgan fingerprint density at radius 2 is 1.68 bits per heavy atom. The molecule has 0 fully saturated rings. The Morgan fingerprint density at radius 3 is 2.32 bits per heavy atom. The SMILES string of the molecule is Cc1ccc(C(=O)C(C)OC(=O)c2cccc(Cl)c2Cl)cc1. The molecule has 0 aliphatic rings. The maximum absolute atomic E-state index is 12.2. The summed E-state index contributed by atoms with van der Waals surface area (Å²) < 4.78 is 5.19. The third-order valence-electron chi connectivity index (χ3n) is 3.16. The first-order valence-corrected chi connectivity index (χ1v) is 7.41. The van der Waals surface area contributed by atoms with E-state index in [1.807, 2.05) is 19.1 Å². The second-order valence-corrected chi connectivity index (χ2v) is 5.66. The highest BCUT2D eigenvalue weighted by atomic mass is 35.5. The number of ketones is 1. The second-order valence-electron chi connectivity index (χ2n) is 4.88. The number of esters is 1. The molecule has 22 heavy (non-hydrogen) atoms. The van der Waals surface area contributed by atoms with Crippen molar-refractivity contribution in [3.05, 3.63) is 69.2 Å². The van der Waals surface area contributed by atoms with Crippen LogP contribution in [0.2, 0.25) is 10.0 Å². The highest BCUT2D eigenvalue weighted by molar-refractivity contribution is 6.43. The van der Waals surface area contributed by atoms with E-state index in [-0.39, 0.29) is 21.4 Å². The molecule has 3 nitrogen and oxygen atoms in total. The molecule has 0 bridgehead atoms. The first-order chi connectivity index (χ1) is 10.4. The van der Waals surface area contributed by atoms with Gasteiger partial charge in [-0.3, -0.25) is 4.79 Å². The van der Waals surface area contributed by atoms with E-state index in [9.17, 15) is 9.59 Å². The molecular formula is C17H14Cl2O3. The lowest BCUT2D eigenvalue weighted by Gasteiger charge is -2.13. The normalized spacial score (nSPS) is 11.8. The summed E-state index contributed by atoms with van der Waals surface area (Å²) in [4.78, 5) is 24.3. The summed E-state index contributed by atoms with van der Waals surface area (Å²) in [7, 11) is 0. The quantitative estimate of drug-likeness (QED) is 0.598. The molecule has 114 valence electrons. The molecule has 0 amide bonds. The van der Waals surface area contributed by atoms with Gasteiger partial charge in [0.2, 0.25) is 5.78 Å². The molecule has 2 aromatic carbocycles. The van der Waals surface area contributed by atoms with Crippen LogP contribution in [0.3, 0.4) is 0 Å². The summed E-state index contributed by atoms with van der Waals surface area (Å²) in [5, 5.41) is 0.373. The van der Waals surface area contributed by atoms with Crippen LogP contribution < -0.4 is 0 Å². The van der Waals surface area contributed by atoms with Crippen LogP contribution >= 0.6 is 23.2 Å². The standard InChI is InChI=1S/C17H14Cl2O3/c1-10-6-8-12(9-7-10)16(20)11(2)22-17(21)13-4-3-5-14(18)15(13)19/h3-9,11H,1-2H3. The molecule has 2 aromatic rings. The molecule has 0 spiro atoms. The van der Waals surface area contributed by atoms with E-state index in [1.54, 1.807) is 24.3 Å². The molecule has 0 aromatic heterocycles. The summed E-state index contributed by atoms with van der Waals surface area (Å²) in [5.74, 6) is -0.952. The molecule has 5 heteroatoms. The lowest BCUT2D eigenvalue weighted by molar-refractivity contribution is 0.0319. The van der Waals surface area contributed by atoms with Gasteiger partial charge in [0.05, 0.1) is 15.6 Å². The summed E-state index contributed by atoms with van der Waals surface area (Å²) in [6.45, 7) is 3.46. The monoisotopic (exact) mass is 336 g/mol. The Hall–Kier alpha value is -1.84. The summed E-state index contributed by atoms with van der Waals surface area (Å²) in [5.41, 5.74) is 1.67. The van der Waals surface area contributed by atoms with Gasteiger partial charge in [-0.1, -0.05) is 59.1 Å². The fraction of sp³-hybridized carbons (Fsp3) is 0.176. The largest absolute Gasteiger partial charge is 0.451 e. The van der Waals surface area contributed by atoms with Crippen LogP contribution in [0.25, 0.3) is 0 Å². The van der Waals surface area contributed by atoms with Crippen molar-refractivity contribution in [3.63, 3.8) is 0 Å². The number of halogens is 2. The fourth-order valence-electron chi connectivity index (χ4n) is 1.89. The first kappa shape index (κ1) is 16.5. The number of hydrogen-bond acceptors (Lipinski definition) is 3. The van der Waals surface area contributed by atoms with E-state index in [2.05, 4.69) is 0 Å². The van der Waals surface area contributed by atoms with Gasteiger partial charge in [-0.2, -0.15) is 0 Å². The van der Waals surface area contributed by atoms with Gasteiger partial charge < -0.3 is 4.74 Å². The van der Waals surface area contributed by atoms with E-state index in [4.69, 9.17) is 27.9 Å². The molecule has 2 rings (SSSR count). The van der Waals surface area contributed by atoms with Crippen LogP contribution in [0.4, 0.5) is 0 Å². The molecule has 0 N–H and O–H groups in total. The van der Waals surface area contributed by atoms with E-state index in [1.165, 1.54) is 13.0 Å². The highest BCUT2D eigenvalue weighted by Crippen LogP contribution is 2.26. The van der Waals surface area contributed by atoms with Gasteiger partial charge in [-0.25, -0.2) is 4.79 Å². The Morgan fingerprint density at radius 1 is 1.05 bits per heavy atom. The molecule has 0 radical (unpaired) electrons. The van der Waals surface area contributed by atoms with E-state index < -0.39 is 12.1 Å². The minimum Gasteiger partial charge on any atom is -0.451 e. The maximum atomic E-state index is 12.2. The number of benzene rings is 2. The zero-order chi connectivity index (χ0) is 16.3. The van der Waals surface area contributed by atoms with Crippen LogP contribution in [0.5, 0.6) is 0 Å². The van der Waals surface area contributed by atoms with Crippen molar-refractivity contribution in [3.8, 4) is 0 Å². The van der Waals surface area contributed by atoms with Gasteiger partial charge in [0, 0.05) is 5.56 Å². The van der Waals surface area contributed by atoms with Gasteiger partial charge in [-0.05, 0) is 26.0 Å². The van der Waals surface area contributed by atoms with Crippen LogP contribution in [-0.2, 0) is 4.74 Å². The molecule has 0 saturated heterocycles. The van der Waals surface area contributed by atoms with Crippen LogP contribution in [0, 0.1) is 6.92 Å². The number of carbonyl (C=O) groups excluding carboxylic acids is 2. The predicted molar refractivity (Wildman–Crippen MR) is 86.8 cm³/mol. The zero-order valence-electron chi connectivity index (χ0n) is 12.1. The van der Waals surface area contributed by atoms with Crippen LogP contribution in [-0.4, -0.2) is 17.9 Å². The molecule has 1 unspecified atom stereocenters. The first-order valence-electron chi connectivity index (χ1n) is 6.66. The van der Waals surface area contributed by atoms with Crippen molar-refractivity contribution in [2.75, 3.05) is 0 Å². The number of rotatable bonds is 4. The van der Waals surface area contributed by atoms with Gasteiger partial charge in [0.1, 0.15) is 0 Å². The number of carbonyl (C=O) groups is 2. The second kappa shape index (κ2) is 6.95. The minimum atomic E-state index is -0.912. The smallest absolute Gasteiger partial charge is 0.340 e. The van der Waals surface area contributed by atoms with E-state index in [0.29, 0.717) is 5.56 Å². The van der Waals surface area contributed by atoms with Gasteiger partial charge >= 0.3 is 5.97 Å². The molecule has 1 atom stereocenters. The predicted octanol–water partition coefficient (Wildman–Crippen LogP) is 4.73. The Kier molecular flexibility index (Phi) is 5.22. The Bertz CT molecular complexity index is 708. The third-order valence-corrected chi connectivity index (χ3v) is 3.98. The van der Waals surface area contributed by atoms with Gasteiger partial charge in [0.15, 0.2) is 6.10 Å². The maximum Gasteiger partial charge on any atom is 0.340 e. The average Bonchev–Trinajstić information content (AvgIpc) is 2.50.